The van der Waals surface area contributed by atoms with Gasteiger partial charge in [0.1, 0.15) is 11.6 Å². The minimum atomic E-state index is -0.230. The molecule has 0 fully saturated rings. The van der Waals surface area contributed by atoms with Crippen LogP contribution in [0.3, 0.4) is 0 Å². The molecule has 22 heavy (non-hydrogen) atoms. The normalized spacial score (nSPS) is 10.6. The largest absolute Gasteiger partial charge is 0.497 e. The number of hydrogen-bond acceptors (Lipinski definition) is 4. The standard InChI is InChI=1S/C16H14FN3OS/c1-21-14-7-5-12(6-8-14)15-18-16(20-19-15)22-10-11-3-2-4-13(17)9-11/h2-9H,10H2,1H3,(H,18,19,20). The van der Waals surface area contributed by atoms with Crippen molar-refractivity contribution in [1.82, 2.24) is 15.2 Å². The van der Waals surface area contributed by atoms with Gasteiger partial charge in [-0.1, -0.05) is 23.9 Å². The van der Waals surface area contributed by atoms with Crippen LogP contribution in [0.15, 0.2) is 53.7 Å². The Labute approximate surface area is 131 Å². The van der Waals surface area contributed by atoms with Gasteiger partial charge in [-0.25, -0.2) is 9.37 Å². The second-order valence-corrected chi connectivity index (χ2v) is 5.56. The minimum Gasteiger partial charge on any atom is -0.497 e. The van der Waals surface area contributed by atoms with E-state index in [0.717, 1.165) is 16.9 Å². The molecule has 0 saturated carbocycles. The summed E-state index contributed by atoms with van der Waals surface area (Å²) in [5, 5.41) is 7.72. The molecule has 0 radical (unpaired) electrons. The predicted octanol–water partition coefficient (Wildman–Crippen LogP) is 3.91. The van der Waals surface area contributed by atoms with Crippen molar-refractivity contribution in [3.05, 3.63) is 59.9 Å². The van der Waals surface area contributed by atoms with Crippen LogP contribution in [-0.2, 0) is 5.75 Å². The lowest BCUT2D eigenvalue weighted by molar-refractivity contribution is 0.415. The number of nitrogens with one attached hydrogen (secondary N) is 1. The average molecular weight is 315 g/mol. The molecule has 6 heteroatoms. The highest BCUT2D eigenvalue weighted by Crippen LogP contribution is 2.23. The van der Waals surface area contributed by atoms with E-state index in [1.165, 1.54) is 23.9 Å². The van der Waals surface area contributed by atoms with Crippen LogP contribution in [0, 0.1) is 5.82 Å². The molecule has 3 rings (SSSR count). The number of aromatic amines is 1. The van der Waals surface area contributed by atoms with E-state index in [1.807, 2.05) is 30.3 Å². The molecule has 1 heterocycles. The fourth-order valence-electron chi connectivity index (χ4n) is 1.96. The zero-order valence-electron chi connectivity index (χ0n) is 11.9. The fourth-order valence-corrected chi connectivity index (χ4v) is 2.70. The van der Waals surface area contributed by atoms with Gasteiger partial charge < -0.3 is 4.74 Å². The summed E-state index contributed by atoms with van der Waals surface area (Å²) in [6.07, 6.45) is 0. The smallest absolute Gasteiger partial charge is 0.209 e. The molecule has 0 atom stereocenters. The van der Waals surface area contributed by atoms with Crippen LogP contribution >= 0.6 is 11.8 Å². The Morgan fingerprint density at radius 1 is 1.18 bits per heavy atom. The Morgan fingerprint density at radius 2 is 2.00 bits per heavy atom. The van der Waals surface area contributed by atoms with Crippen LogP contribution in [0.1, 0.15) is 5.56 Å². The SMILES string of the molecule is COc1ccc(-c2nc(SCc3cccc(F)c3)n[nH]2)cc1. The molecule has 0 spiro atoms. The van der Waals surface area contributed by atoms with Crippen LogP contribution < -0.4 is 4.74 Å². The number of aromatic nitrogens is 3. The second-order valence-electron chi connectivity index (χ2n) is 4.61. The topological polar surface area (TPSA) is 50.8 Å². The summed E-state index contributed by atoms with van der Waals surface area (Å²) in [5.41, 5.74) is 1.84. The van der Waals surface area contributed by atoms with Gasteiger partial charge in [-0.3, -0.25) is 5.10 Å². The summed E-state index contributed by atoms with van der Waals surface area (Å²) in [4.78, 5) is 4.44. The van der Waals surface area contributed by atoms with Crippen molar-refractivity contribution in [1.29, 1.82) is 0 Å². The molecule has 0 unspecified atom stereocenters. The highest BCUT2D eigenvalue weighted by molar-refractivity contribution is 7.98. The molecule has 2 aromatic carbocycles. The van der Waals surface area contributed by atoms with Crippen molar-refractivity contribution in [3.8, 4) is 17.1 Å². The summed E-state index contributed by atoms with van der Waals surface area (Å²) in [7, 11) is 1.63. The van der Waals surface area contributed by atoms with Crippen LogP contribution in [0.5, 0.6) is 5.75 Å². The number of H-pyrrole nitrogens is 1. The average Bonchev–Trinajstić information content (AvgIpc) is 3.02. The molecular formula is C16H14FN3OS. The van der Waals surface area contributed by atoms with Crippen molar-refractivity contribution < 1.29 is 9.13 Å². The lowest BCUT2D eigenvalue weighted by Crippen LogP contribution is -1.84. The summed E-state index contributed by atoms with van der Waals surface area (Å²) >= 11 is 1.46. The highest BCUT2D eigenvalue weighted by atomic mass is 32.2. The van der Waals surface area contributed by atoms with E-state index < -0.39 is 0 Å². The van der Waals surface area contributed by atoms with Gasteiger partial charge in [-0.05, 0) is 42.0 Å². The Bertz CT molecular complexity index is 758. The van der Waals surface area contributed by atoms with E-state index in [9.17, 15) is 4.39 Å². The molecule has 1 aromatic heterocycles. The molecule has 112 valence electrons. The number of methoxy groups -OCH3 is 1. The molecule has 0 bridgehead atoms. The van der Waals surface area contributed by atoms with Gasteiger partial charge in [0.25, 0.3) is 0 Å². The second kappa shape index (κ2) is 6.62. The summed E-state index contributed by atoms with van der Waals surface area (Å²) in [5.74, 6) is 1.89. The lowest BCUT2D eigenvalue weighted by atomic mass is 10.2. The minimum absolute atomic E-state index is 0.230. The van der Waals surface area contributed by atoms with Crippen LogP contribution in [0.25, 0.3) is 11.4 Å². The van der Waals surface area contributed by atoms with Crippen LogP contribution in [0.2, 0.25) is 0 Å². The third kappa shape index (κ3) is 3.46. The Kier molecular flexibility index (Phi) is 4.39. The van der Waals surface area contributed by atoms with E-state index >= 15 is 0 Å². The molecule has 0 aliphatic carbocycles. The molecule has 0 aliphatic heterocycles. The molecule has 1 N–H and O–H groups in total. The van der Waals surface area contributed by atoms with Crippen molar-refractivity contribution in [3.63, 3.8) is 0 Å². The fraction of sp³-hybridized carbons (Fsp3) is 0.125. The number of benzene rings is 2. The molecule has 0 aliphatic rings. The monoisotopic (exact) mass is 315 g/mol. The molecule has 0 saturated heterocycles. The third-order valence-corrected chi connectivity index (χ3v) is 4.00. The first kappa shape index (κ1) is 14.6. The first-order chi connectivity index (χ1) is 10.7. The van der Waals surface area contributed by atoms with E-state index in [0.29, 0.717) is 16.7 Å². The maximum Gasteiger partial charge on any atom is 0.209 e. The molecule has 0 amide bonds. The van der Waals surface area contributed by atoms with E-state index in [1.54, 1.807) is 13.2 Å². The van der Waals surface area contributed by atoms with Crippen LogP contribution in [-0.4, -0.2) is 22.3 Å². The summed E-state index contributed by atoms with van der Waals surface area (Å²) < 4.78 is 18.2. The number of thioether (sulfide) groups is 1. The van der Waals surface area contributed by atoms with Gasteiger partial charge in [0, 0.05) is 11.3 Å². The molecule has 3 aromatic rings. The number of ether oxygens (including phenoxy) is 1. The highest BCUT2D eigenvalue weighted by Gasteiger charge is 2.07. The van der Waals surface area contributed by atoms with Crippen LogP contribution in [0.4, 0.5) is 4.39 Å². The Hall–Kier alpha value is -2.34. The quantitative estimate of drug-likeness (QED) is 0.725. The summed E-state index contributed by atoms with van der Waals surface area (Å²) in [6, 6.07) is 14.1. The van der Waals surface area contributed by atoms with Crippen molar-refractivity contribution in [2.24, 2.45) is 0 Å². The maximum atomic E-state index is 13.1. The number of hydrogen-bond donors (Lipinski definition) is 1. The van der Waals surface area contributed by atoms with Gasteiger partial charge in [0.15, 0.2) is 5.82 Å². The van der Waals surface area contributed by atoms with E-state index in [2.05, 4.69) is 15.2 Å². The zero-order chi connectivity index (χ0) is 15.4. The maximum absolute atomic E-state index is 13.1. The van der Waals surface area contributed by atoms with Crippen molar-refractivity contribution in [2.45, 2.75) is 10.9 Å². The third-order valence-electron chi connectivity index (χ3n) is 3.09. The summed E-state index contributed by atoms with van der Waals surface area (Å²) in [6.45, 7) is 0. The number of rotatable bonds is 5. The van der Waals surface area contributed by atoms with E-state index in [4.69, 9.17) is 4.74 Å². The van der Waals surface area contributed by atoms with Crippen molar-refractivity contribution in [2.75, 3.05) is 7.11 Å². The molecular weight excluding hydrogens is 301 g/mol. The van der Waals surface area contributed by atoms with Gasteiger partial charge in [0.2, 0.25) is 5.16 Å². The Balaban J connectivity index is 1.68. The van der Waals surface area contributed by atoms with Gasteiger partial charge >= 0.3 is 0 Å². The van der Waals surface area contributed by atoms with Gasteiger partial charge in [-0.15, -0.1) is 5.10 Å². The zero-order valence-corrected chi connectivity index (χ0v) is 12.7. The van der Waals surface area contributed by atoms with Crippen molar-refractivity contribution >= 4 is 11.8 Å². The van der Waals surface area contributed by atoms with Gasteiger partial charge in [0.05, 0.1) is 7.11 Å². The predicted molar refractivity (Wildman–Crippen MR) is 84.3 cm³/mol. The first-order valence-electron chi connectivity index (χ1n) is 6.68. The van der Waals surface area contributed by atoms with Gasteiger partial charge in [-0.2, -0.15) is 0 Å². The Morgan fingerprint density at radius 3 is 2.73 bits per heavy atom. The lowest BCUT2D eigenvalue weighted by Gasteiger charge is -2.00. The first-order valence-corrected chi connectivity index (χ1v) is 7.67. The number of nitrogens with zero attached hydrogens (tertiary/aromatic N) is 2. The number of halogens is 1. The van der Waals surface area contributed by atoms with E-state index in [-0.39, 0.29) is 5.82 Å². The molecule has 4 nitrogen and oxygen atoms in total.